The minimum absolute atomic E-state index is 0.141. The summed E-state index contributed by atoms with van der Waals surface area (Å²) in [6, 6.07) is 9.31. The molecule has 11 heteroatoms. The van der Waals surface area contributed by atoms with Crippen molar-refractivity contribution in [3.05, 3.63) is 70.0 Å². The fourth-order valence-electron chi connectivity index (χ4n) is 4.31. The maximum Gasteiger partial charge on any atom is 0.252 e. The Kier molecular flexibility index (Phi) is 8.24. The van der Waals surface area contributed by atoms with Crippen LogP contribution in [0.15, 0.2) is 47.5 Å². The van der Waals surface area contributed by atoms with Crippen LogP contribution in [0.4, 0.5) is 0 Å². The van der Waals surface area contributed by atoms with Crippen molar-refractivity contribution in [2.24, 2.45) is 0 Å². The Morgan fingerprint density at radius 2 is 1.92 bits per heavy atom. The summed E-state index contributed by atoms with van der Waals surface area (Å²) in [7, 11) is 4.80. The molecule has 1 N–H and O–H groups in total. The van der Waals surface area contributed by atoms with Gasteiger partial charge < -0.3 is 19.2 Å². The van der Waals surface area contributed by atoms with Gasteiger partial charge in [0.05, 0.1) is 38.9 Å². The minimum atomic E-state index is -0.167. The lowest BCUT2D eigenvalue weighted by Crippen LogP contribution is -2.32. The number of hydrogen-bond donors (Lipinski definition) is 1. The van der Waals surface area contributed by atoms with E-state index >= 15 is 0 Å². The Morgan fingerprint density at radius 1 is 1.11 bits per heavy atom. The molecule has 0 aliphatic rings. The maximum atomic E-state index is 13.2. The van der Waals surface area contributed by atoms with Gasteiger partial charge in [-0.2, -0.15) is 0 Å². The molecule has 0 fully saturated rings. The van der Waals surface area contributed by atoms with Gasteiger partial charge in [0.15, 0.2) is 17.3 Å². The van der Waals surface area contributed by atoms with E-state index in [0.717, 1.165) is 23.2 Å². The number of aromatic amines is 1. The summed E-state index contributed by atoms with van der Waals surface area (Å²) in [5.74, 6) is 1.88. The van der Waals surface area contributed by atoms with Gasteiger partial charge in [0.2, 0.25) is 0 Å². The molecule has 36 heavy (non-hydrogen) atoms. The number of methoxy groups -OCH3 is 3. The van der Waals surface area contributed by atoms with Crippen LogP contribution in [0.1, 0.15) is 36.3 Å². The van der Waals surface area contributed by atoms with Gasteiger partial charge in [0.1, 0.15) is 0 Å². The van der Waals surface area contributed by atoms with E-state index in [-0.39, 0.29) is 11.6 Å². The predicted octanol–water partition coefficient (Wildman–Crippen LogP) is 2.73. The average molecular weight is 494 g/mol. The molecule has 1 aromatic carbocycles. The van der Waals surface area contributed by atoms with Crippen molar-refractivity contribution < 1.29 is 14.2 Å². The van der Waals surface area contributed by atoms with Gasteiger partial charge in [-0.25, -0.2) is 4.68 Å². The van der Waals surface area contributed by atoms with Gasteiger partial charge in [0, 0.05) is 49.6 Å². The average Bonchev–Trinajstić information content (AvgIpc) is 3.36. The number of benzene rings is 1. The quantitative estimate of drug-likeness (QED) is 0.318. The summed E-state index contributed by atoms with van der Waals surface area (Å²) in [5, 5.41) is 13.2. The van der Waals surface area contributed by atoms with Crippen LogP contribution in [-0.2, 0) is 24.4 Å². The minimum Gasteiger partial charge on any atom is -0.493 e. The van der Waals surface area contributed by atoms with E-state index in [4.69, 9.17) is 14.2 Å². The van der Waals surface area contributed by atoms with Crippen LogP contribution in [0.5, 0.6) is 11.5 Å². The Hall–Kier alpha value is -3.83. The molecule has 0 spiro atoms. The Labute approximate surface area is 209 Å². The fraction of sp³-hybridized carbons (Fsp3) is 0.400. The highest BCUT2D eigenvalue weighted by Gasteiger charge is 2.26. The molecule has 0 amide bonds. The second kappa shape index (κ2) is 11.7. The summed E-state index contributed by atoms with van der Waals surface area (Å²) < 4.78 is 17.8. The van der Waals surface area contributed by atoms with E-state index in [2.05, 4.69) is 37.3 Å². The molecule has 1 unspecified atom stereocenters. The number of hydrogen-bond acceptors (Lipinski definition) is 9. The van der Waals surface area contributed by atoms with Crippen molar-refractivity contribution >= 4 is 10.9 Å². The summed E-state index contributed by atoms with van der Waals surface area (Å²) >= 11 is 0. The van der Waals surface area contributed by atoms with E-state index in [0.29, 0.717) is 48.8 Å². The van der Waals surface area contributed by atoms with Crippen LogP contribution >= 0.6 is 0 Å². The van der Waals surface area contributed by atoms with Gasteiger partial charge in [-0.1, -0.05) is 13.0 Å². The standard InChI is InChI=1S/C25H31N7O4/c1-5-21(24-28-29-30-32(24)9-10-34-2)31(15-17-7-6-8-26-14-17)16-19-11-18-12-22(35-3)23(36-4)13-20(18)27-25(19)33/h6-8,11-14,21H,5,9-10,15-16H2,1-4H3,(H,27,33). The number of rotatable bonds is 12. The normalized spacial score (nSPS) is 12.2. The van der Waals surface area contributed by atoms with Crippen LogP contribution in [0.2, 0.25) is 0 Å². The first kappa shape index (κ1) is 25.3. The molecule has 0 bridgehead atoms. The van der Waals surface area contributed by atoms with Crippen LogP contribution in [0.3, 0.4) is 0 Å². The van der Waals surface area contributed by atoms with E-state index in [1.807, 2.05) is 30.5 Å². The summed E-state index contributed by atoms with van der Waals surface area (Å²) in [6.45, 7) is 4.05. The topological polar surface area (TPSA) is 120 Å². The maximum absolute atomic E-state index is 13.2. The molecular weight excluding hydrogens is 462 g/mol. The number of nitrogens with zero attached hydrogens (tertiary/aromatic N) is 6. The fourth-order valence-corrected chi connectivity index (χ4v) is 4.31. The first-order chi connectivity index (χ1) is 17.6. The van der Waals surface area contributed by atoms with E-state index < -0.39 is 0 Å². The van der Waals surface area contributed by atoms with Crippen LogP contribution in [-0.4, -0.2) is 63.0 Å². The van der Waals surface area contributed by atoms with Gasteiger partial charge in [-0.3, -0.25) is 14.7 Å². The Balaban J connectivity index is 1.74. The molecule has 0 saturated heterocycles. The van der Waals surface area contributed by atoms with Gasteiger partial charge in [-0.05, 0) is 40.6 Å². The number of tetrazole rings is 1. The Bertz CT molecular complexity index is 1340. The SMILES string of the molecule is CCC(c1nnnn1CCOC)N(Cc1cccnc1)Cc1cc2cc(OC)c(OC)cc2[nH]c1=O. The molecular formula is C25H31N7O4. The Morgan fingerprint density at radius 3 is 2.61 bits per heavy atom. The molecule has 11 nitrogen and oxygen atoms in total. The van der Waals surface area contributed by atoms with Crippen LogP contribution in [0, 0.1) is 0 Å². The lowest BCUT2D eigenvalue weighted by atomic mass is 10.1. The van der Waals surface area contributed by atoms with E-state index in [9.17, 15) is 4.79 Å². The highest BCUT2D eigenvalue weighted by Crippen LogP contribution is 2.32. The van der Waals surface area contributed by atoms with Crippen molar-refractivity contribution in [3.8, 4) is 11.5 Å². The van der Waals surface area contributed by atoms with Crippen molar-refractivity contribution in [3.63, 3.8) is 0 Å². The third-order valence-corrected chi connectivity index (χ3v) is 6.10. The molecule has 0 radical (unpaired) electrons. The van der Waals surface area contributed by atoms with Crippen molar-refractivity contribution in [2.75, 3.05) is 27.9 Å². The van der Waals surface area contributed by atoms with E-state index in [1.54, 1.807) is 38.3 Å². The molecule has 4 rings (SSSR count). The largest absolute Gasteiger partial charge is 0.493 e. The lowest BCUT2D eigenvalue weighted by Gasteiger charge is -2.30. The zero-order chi connectivity index (χ0) is 25.5. The lowest BCUT2D eigenvalue weighted by molar-refractivity contribution is 0.150. The third kappa shape index (κ3) is 5.52. The summed E-state index contributed by atoms with van der Waals surface area (Å²) in [4.78, 5) is 22.6. The number of aromatic nitrogens is 6. The number of ether oxygens (including phenoxy) is 3. The second-order valence-corrected chi connectivity index (χ2v) is 8.36. The highest BCUT2D eigenvalue weighted by molar-refractivity contribution is 5.83. The van der Waals surface area contributed by atoms with Crippen molar-refractivity contribution in [2.45, 2.75) is 39.0 Å². The molecule has 3 heterocycles. The number of H-pyrrole nitrogens is 1. The molecule has 0 aliphatic heterocycles. The van der Waals surface area contributed by atoms with E-state index in [1.165, 1.54) is 0 Å². The summed E-state index contributed by atoms with van der Waals surface area (Å²) in [6.07, 6.45) is 4.31. The van der Waals surface area contributed by atoms with Crippen LogP contribution in [0.25, 0.3) is 10.9 Å². The van der Waals surface area contributed by atoms with Crippen LogP contribution < -0.4 is 15.0 Å². The number of nitrogens with one attached hydrogen (secondary N) is 1. The number of fused-ring (bicyclic) bond motifs is 1. The second-order valence-electron chi connectivity index (χ2n) is 8.36. The monoisotopic (exact) mass is 493 g/mol. The first-order valence-electron chi connectivity index (χ1n) is 11.7. The smallest absolute Gasteiger partial charge is 0.252 e. The van der Waals surface area contributed by atoms with Crippen molar-refractivity contribution in [1.29, 1.82) is 0 Å². The van der Waals surface area contributed by atoms with Gasteiger partial charge in [0.25, 0.3) is 5.56 Å². The molecule has 190 valence electrons. The van der Waals surface area contributed by atoms with Gasteiger partial charge >= 0.3 is 0 Å². The first-order valence-corrected chi connectivity index (χ1v) is 11.7. The zero-order valence-electron chi connectivity index (χ0n) is 21.0. The zero-order valence-corrected chi connectivity index (χ0v) is 21.0. The molecule has 4 aromatic rings. The van der Waals surface area contributed by atoms with Gasteiger partial charge in [-0.15, -0.1) is 5.10 Å². The molecule has 3 aromatic heterocycles. The third-order valence-electron chi connectivity index (χ3n) is 6.10. The highest BCUT2D eigenvalue weighted by atomic mass is 16.5. The molecule has 1 atom stereocenters. The molecule has 0 aliphatic carbocycles. The summed E-state index contributed by atoms with van der Waals surface area (Å²) in [5.41, 5.74) is 2.15. The predicted molar refractivity (Wildman–Crippen MR) is 134 cm³/mol. The number of pyridine rings is 2. The van der Waals surface area contributed by atoms with Crippen molar-refractivity contribution in [1.82, 2.24) is 35.1 Å². The molecule has 0 saturated carbocycles.